The molecule has 2 heterocycles. The van der Waals surface area contributed by atoms with Gasteiger partial charge in [-0.05, 0) is 31.0 Å². The van der Waals surface area contributed by atoms with E-state index in [0.717, 1.165) is 24.9 Å². The molecule has 3 rings (SSSR count). The third-order valence-electron chi connectivity index (χ3n) is 4.04. The fraction of sp³-hybridized carbons (Fsp3) is 0.278. The smallest absolute Gasteiger partial charge is 0.372 e. The first-order chi connectivity index (χ1) is 10.7. The van der Waals surface area contributed by atoms with Crippen molar-refractivity contribution in [3.8, 4) is 0 Å². The van der Waals surface area contributed by atoms with E-state index in [4.69, 9.17) is 9.52 Å². The van der Waals surface area contributed by atoms with Crippen LogP contribution in [0.5, 0.6) is 0 Å². The maximum Gasteiger partial charge on any atom is 0.372 e. The number of aromatic carboxylic acids is 1. The van der Waals surface area contributed by atoms with Crippen molar-refractivity contribution in [2.45, 2.75) is 25.4 Å². The third kappa shape index (κ3) is 3.28. The Labute approximate surface area is 129 Å². The van der Waals surface area contributed by atoms with E-state index in [1.807, 2.05) is 18.2 Å². The fourth-order valence-electron chi connectivity index (χ4n) is 2.92. The predicted octanol–water partition coefficient (Wildman–Crippen LogP) is 3.66. The Kier molecular flexibility index (Phi) is 4.39. The molecule has 1 unspecified atom stereocenters. The highest BCUT2D eigenvalue weighted by Crippen LogP contribution is 2.23. The molecule has 0 amide bonds. The van der Waals surface area contributed by atoms with E-state index >= 15 is 0 Å². The molecule has 1 aliphatic rings. The van der Waals surface area contributed by atoms with Crippen LogP contribution in [0.3, 0.4) is 0 Å². The van der Waals surface area contributed by atoms with Gasteiger partial charge >= 0.3 is 5.97 Å². The van der Waals surface area contributed by atoms with E-state index in [2.05, 4.69) is 29.2 Å². The minimum atomic E-state index is -1.00. The van der Waals surface area contributed by atoms with Crippen molar-refractivity contribution in [3.05, 3.63) is 65.6 Å². The van der Waals surface area contributed by atoms with Gasteiger partial charge in [-0.2, -0.15) is 0 Å². The normalized spacial score (nSPS) is 19.0. The maximum absolute atomic E-state index is 11.1. The van der Waals surface area contributed by atoms with Gasteiger partial charge in [0.05, 0.1) is 6.26 Å². The zero-order valence-electron chi connectivity index (χ0n) is 12.3. The number of nitrogens with zero attached hydrogens (tertiary/aromatic N) is 1. The molecule has 1 fully saturated rings. The first kappa shape index (κ1) is 14.6. The van der Waals surface area contributed by atoms with E-state index in [0.29, 0.717) is 12.6 Å². The quantitative estimate of drug-likeness (QED) is 0.915. The van der Waals surface area contributed by atoms with Gasteiger partial charge in [-0.25, -0.2) is 4.79 Å². The number of likely N-dealkylation sites (tertiary alicyclic amines) is 1. The minimum Gasteiger partial charge on any atom is -0.475 e. The zero-order chi connectivity index (χ0) is 15.4. The molecule has 22 heavy (non-hydrogen) atoms. The van der Waals surface area contributed by atoms with Gasteiger partial charge in [0.1, 0.15) is 0 Å². The second-order valence-corrected chi connectivity index (χ2v) is 5.53. The van der Waals surface area contributed by atoms with Gasteiger partial charge in [0, 0.05) is 18.2 Å². The second-order valence-electron chi connectivity index (χ2n) is 5.53. The van der Waals surface area contributed by atoms with Crippen molar-refractivity contribution in [3.63, 3.8) is 0 Å². The lowest BCUT2D eigenvalue weighted by Crippen LogP contribution is -2.27. The molecule has 1 aromatic heterocycles. The Bertz CT molecular complexity index is 660. The molecule has 1 atom stereocenters. The molecule has 1 saturated heterocycles. The van der Waals surface area contributed by atoms with Crippen molar-refractivity contribution in [1.29, 1.82) is 0 Å². The van der Waals surface area contributed by atoms with Gasteiger partial charge in [-0.3, -0.25) is 4.90 Å². The standard InChI is InChI=1S/C18H19NO3/c20-18(21)17-15(10-12-22-17)13-19-11-4-7-16(19)9-8-14-5-2-1-3-6-14/h1-3,5-6,8-10,12,16H,4,7,11,13H2,(H,20,21)/b9-8+. The molecule has 1 aliphatic heterocycles. The lowest BCUT2D eigenvalue weighted by atomic mass is 10.1. The summed E-state index contributed by atoms with van der Waals surface area (Å²) in [6, 6.07) is 12.3. The molecular weight excluding hydrogens is 278 g/mol. The highest BCUT2D eigenvalue weighted by Gasteiger charge is 2.25. The average Bonchev–Trinajstić information content (AvgIpc) is 3.16. The number of carbonyl (C=O) groups is 1. The van der Waals surface area contributed by atoms with Crippen molar-refractivity contribution >= 4 is 12.0 Å². The molecule has 4 nitrogen and oxygen atoms in total. The number of carboxylic acid groups (broad SMARTS) is 1. The van der Waals surface area contributed by atoms with Crippen LogP contribution in [0.1, 0.15) is 34.5 Å². The van der Waals surface area contributed by atoms with Crippen molar-refractivity contribution in [2.75, 3.05) is 6.54 Å². The van der Waals surface area contributed by atoms with Crippen molar-refractivity contribution in [2.24, 2.45) is 0 Å². The van der Waals surface area contributed by atoms with Crippen LogP contribution >= 0.6 is 0 Å². The molecule has 0 bridgehead atoms. The van der Waals surface area contributed by atoms with Crippen LogP contribution in [0.4, 0.5) is 0 Å². The molecule has 1 aromatic carbocycles. The first-order valence-corrected chi connectivity index (χ1v) is 7.51. The summed E-state index contributed by atoms with van der Waals surface area (Å²) >= 11 is 0. The number of rotatable bonds is 5. The third-order valence-corrected chi connectivity index (χ3v) is 4.04. The van der Waals surface area contributed by atoms with Crippen LogP contribution in [0.2, 0.25) is 0 Å². The van der Waals surface area contributed by atoms with Crippen LogP contribution in [-0.4, -0.2) is 28.6 Å². The molecule has 0 radical (unpaired) electrons. The topological polar surface area (TPSA) is 53.7 Å². The summed E-state index contributed by atoms with van der Waals surface area (Å²) in [5.41, 5.74) is 1.93. The Hall–Kier alpha value is -2.33. The average molecular weight is 297 g/mol. The molecule has 4 heteroatoms. The number of benzene rings is 1. The number of furan rings is 1. The highest BCUT2D eigenvalue weighted by molar-refractivity contribution is 5.86. The summed E-state index contributed by atoms with van der Waals surface area (Å²) in [5.74, 6) is -0.951. The van der Waals surface area contributed by atoms with Gasteiger partial charge in [-0.15, -0.1) is 0 Å². The molecule has 0 saturated carbocycles. The summed E-state index contributed by atoms with van der Waals surface area (Å²) in [6.45, 7) is 1.59. The number of hydrogen-bond acceptors (Lipinski definition) is 3. The molecular formula is C18H19NO3. The summed E-state index contributed by atoms with van der Waals surface area (Å²) in [6.07, 6.45) is 8.02. The summed E-state index contributed by atoms with van der Waals surface area (Å²) in [5, 5.41) is 9.12. The van der Waals surface area contributed by atoms with Crippen LogP contribution in [0.15, 0.2) is 53.2 Å². The Balaban J connectivity index is 1.69. The lowest BCUT2D eigenvalue weighted by Gasteiger charge is -2.21. The summed E-state index contributed by atoms with van der Waals surface area (Å²) in [7, 11) is 0. The molecule has 1 N–H and O–H groups in total. The molecule has 0 aliphatic carbocycles. The van der Waals surface area contributed by atoms with Gasteiger partial charge in [-0.1, -0.05) is 42.5 Å². The molecule has 2 aromatic rings. The Morgan fingerprint density at radius 3 is 2.91 bits per heavy atom. The van der Waals surface area contributed by atoms with Crippen molar-refractivity contribution < 1.29 is 14.3 Å². The van der Waals surface area contributed by atoms with Crippen molar-refractivity contribution in [1.82, 2.24) is 4.90 Å². The maximum atomic E-state index is 11.1. The first-order valence-electron chi connectivity index (χ1n) is 7.51. The van der Waals surface area contributed by atoms with Gasteiger partial charge in [0.2, 0.25) is 5.76 Å². The number of carboxylic acids is 1. The van der Waals surface area contributed by atoms with Crippen LogP contribution in [0, 0.1) is 0 Å². The fourth-order valence-corrected chi connectivity index (χ4v) is 2.92. The van der Waals surface area contributed by atoms with E-state index in [1.165, 1.54) is 11.8 Å². The van der Waals surface area contributed by atoms with Gasteiger partial charge in [0.15, 0.2) is 0 Å². The monoisotopic (exact) mass is 297 g/mol. The van der Waals surface area contributed by atoms with E-state index in [-0.39, 0.29) is 5.76 Å². The molecule has 114 valence electrons. The largest absolute Gasteiger partial charge is 0.475 e. The zero-order valence-corrected chi connectivity index (χ0v) is 12.3. The van der Waals surface area contributed by atoms with Crippen LogP contribution < -0.4 is 0 Å². The SMILES string of the molecule is O=C(O)c1occc1CN1CCCC1/C=C/c1ccccc1. The predicted molar refractivity (Wildman–Crippen MR) is 84.6 cm³/mol. The molecule has 0 spiro atoms. The second kappa shape index (κ2) is 6.62. The van der Waals surface area contributed by atoms with Crippen LogP contribution in [0.25, 0.3) is 6.08 Å². The lowest BCUT2D eigenvalue weighted by molar-refractivity contribution is 0.0659. The Morgan fingerprint density at radius 2 is 2.14 bits per heavy atom. The van der Waals surface area contributed by atoms with Gasteiger partial charge < -0.3 is 9.52 Å². The minimum absolute atomic E-state index is 0.0534. The van der Waals surface area contributed by atoms with E-state index < -0.39 is 5.97 Å². The van der Waals surface area contributed by atoms with Crippen LogP contribution in [-0.2, 0) is 6.54 Å². The van der Waals surface area contributed by atoms with E-state index in [9.17, 15) is 4.79 Å². The Morgan fingerprint density at radius 1 is 1.32 bits per heavy atom. The number of hydrogen-bond donors (Lipinski definition) is 1. The van der Waals surface area contributed by atoms with Gasteiger partial charge in [0.25, 0.3) is 0 Å². The summed E-state index contributed by atoms with van der Waals surface area (Å²) < 4.78 is 5.06. The van der Waals surface area contributed by atoms with E-state index in [1.54, 1.807) is 6.07 Å². The highest BCUT2D eigenvalue weighted by atomic mass is 16.4. The summed E-state index contributed by atoms with van der Waals surface area (Å²) in [4.78, 5) is 13.4.